The number of phenols is 1. The summed E-state index contributed by atoms with van der Waals surface area (Å²) in [6.45, 7) is 2.36. The number of ether oxygens (including phenoxy) is 1. The molecule has 0 fully saturated rings. The zero-order valence-corrected chi connectivity index (χ0v) is 26.8. The number of nitrogen functional groups attached to an aromatic ring is 1. The van der Waals surface area contributed by atoms with Crippen LogP contribution in [0.2, 0.25) is 0 Å². The summed E-state index contributed by atoms with van der Waals surface area (Å²) < 4.78 is 57.9. The molecule has 0 aromatic heterocycles. The maximum absolute atomic E-state index is 11.4. The van der Waals surface area contributed by atoms with Crippen LogP contribution in [0.3, 0.4) is 0 Å². The number of hydrogen-bond donors (Lipinski definition) is 7. The number of hydrogen-bond acceptors (Lipinski definition) is 10. The van der Waals surface area contributed by atoms with E-state index < -0.39 is 26.2 Å². The second-order valence-electron chi connectivity index (χ2n) is 10.5. The van der Waals surface area contributed by atoms with E-state index in [2.05, 4.69) is 5.32 Å². The molecule has 0 bridgehead atoms. The number of aliphatic hydroxyl groups is 2. The van der Waals surface area contributed by atoms with Crippen molar-refractivity contribution in [2.45, 2.75) is 67.4 Å². The molecule has 0 aliphatic carbocycles. The summed E-state index contributed by atoms with van der Waals surface area (Å²) in [5.74, 6) is 0.0324. The van der Waals surface area contributed by atoms with Crippen LogP contribution in [0.5, 0.6) is 5.75 Å². The number of sulfonamides is 1. The molecule has 3 aromatic rings. The third kappa shape index (κ3) is 15.2. The third-order valence-corrected chi connectivity index (χ3v) is 8.58. The summed E-state index contributed by atoms with van der Waals surface area (Å²) in [5, 5.41) is 37.4. The van der Waals surface area contributed by atoms with Gasteiger partial charge in [0.1, 0.15) is 5.75 Å². The van der Waals surface area contributed by atoms with Crippen molar-refractivity contribution in [3.8, 4) is 5.75 Å². The van der Waals surface area contributed by atoms with Crippen LogP contribution >= 0.6 is 0 Å². The van der Waals surface area contributed by atoms with E-state index in [4.69, 9.17) is 20.2 Å². The van der Waals surface area contributed by atoms with Gasteiger partial charge >= 0.3 is 0 Å². The molecule has 14 heteroatoms. The SMILES string of the molecule is NS(=O)(=O)c1cccc(CCCOCCCCCCCNC[C@H](O)c2ccc(O)c(CO)c2)c1.Nc1ccc(S(=O)(=O)O)cc1. The molecule has 1 atom stereocenters. The van der Waals surface area contributed by atoms with Crippen LogP contribution in [0.1, 0.15) is 61.3 Å². The van der Waals surface area contributed by atoms with Gasteiger partial charge in [-0.2, -0.15) is 8.42 Å². The molecule has 3 aromatic carbocycles. The molecule has 3 rings (SSSR count). The average Bonchev–Trinajstić information content (AvgIpc) is 2.99. The molecule has 250 valence electrons. The lowest BCUT2D eigenvalue weighted by molar-refractivity contribution is 0.127. The maximum Gasteiger partial charge on any atom is 0.294 e. The lowest BCUT2D eigenvalue weighted by Crippen LogP contribution is -2.22. The number of nitrogens with one attached hydrogen (secondary N) is 1. The second-order valence-corrected chi connectivity index (χ2v) is 13.5. The molecule has 0 saturated heterocycles. The molecule has 0 saturated carbocycles. The number of aromatic hydroxyl groups is 1. The number of nitrogens with two attached hydrogens (primary N) is 2. The molecular weight excluding hydrogens is 622 g/mol. The van der Waals surface area contributed by atoms with Crippen molar-refractivity contribution in [2.75, 3.05) is 32.0 Å². The fourth-order valence-corrected chi connectivity index (χ4v) is 5.34. The number of aliphatic hydroxyl groups excluding tert-OH is 2. The molecule has 9 N–H and O–H groups in total. The van der Waals surface area contributed by atoms with E-state index in [1.807, 2.05) is 6.07 Å². The summed E-state index contributed by atoms with van der Waals surface area (Å²) in [6, 6.07) is 16.8. The zero-order chi connectivity index (χ0) is 33.3. The summed E-state index contributed by atoms with van der Waals surface area (Å²) in [6.07, 6.45) is 6.29. The van der Waals surface area contributed by atoms with Crippen LogP contribution < -0.4 is 16.2 Å². The first-order valence-corrected chi connectivity index (χ1v) is 17.6. The van der Waals surface area contributed by atoms with Crippen molar-refractivity contribution in [3.05, 3.63) is 83.4 Å². The van der Waals surface area contributed by atoms with Crippen LogP contribution in [-0.4, -0.2) is 63.0 Å². The number of primary sulfonamides is 1. The quantitative estimate of drug-likeness (QED) is 0.0592. The first-order chi connectivity index (χ1) is 21.3. The largest absolute Gasteiger partial charge is 0.508 e. The van der Waals surface area contributed by atoms with Gasteiger partial charge in [0, 0.05) is 31.0 Å². The van der Waals surface area contributed by atoms with Gasteiger partial charge in [-0.15, -0.1) is 0 Å². The summed E-state index contributed by atoms with van der Waals surface area (Å²) in [4.78, 5) is -0.00187. The minimum absolute atomic E-state index is 0.0324. The average molecular weight is 668 g/mol. The Labute approximate surface area is 265 Å². The number of aryl methyl sites for hydroxylation is 1. The first kappa shape index (κ1) is 38.1. The Balaban J connectivity index is 0.000000537. The van der Waals surface area contributed by atoms with Crippen molar-refractivity contribution >= 4 is 25.8 Å². The molecule has 0 radical (unpaired) electrons. The fraction of sp³-hybridized carbons (Fsp3) is 0.419. The van der Waals surface area contributed by atoms with Crippen LogP contribution in [0.4, 0.5) is 5.69 Å². The first-order valence-electron chi connectivity index (χ1n) is 14.6. The molecule has 0 spiro atoms. The van der Waals surface area contributed by atoms with Crippen molar-refractivity contribution in [2.24, 2.45) is 5.14 Å². The van der Waals surface area contributed by atoms with Crippen molar-refractivity contribution in [1.29, 1.82) is 0 Å². The van der Waals surface area contributed by atoms with E-state index in [-0.39, 0.29) is 22.1 Å². The minimum atomic E-state index is -4.08. The molecule has 0 aliphatic rings. The normalized spacial score (nSPS) is 12.4. The van der Waals surface area contributed by atoms with Gasteiger partial charge in [0.05, 0.1) is 22.5 Å². The highest BCUT2D eigenvalue weighted by Crippen LogP contribution is 2.22. The molecular formula is C31H45N3O9S2. The Morgan fingerprint density at radius 3 is 2.16 bits per heavy atom. The topological polar surface area (TPSA) is 222 Å². The van der Waals surface area contributed by atoms with Gasteiger partial charge in [-0.05, 0) is 91.9 Å². The van der Waals surface area contributed by atoms with E-state index in [1.54, 1.807) is 24.3 Å². The lowest BCUT2D eigenvalue weighted by Gasteiger charge is -2.14. The number of anilines is 1. The van der Waals surface area contributed by atoms with Gasteiger partial charge in [0.15, 0.2) is 0 Å². The molecule has 0 heterocycles. The van der Waals surface area contributed by atoms with Crippen molar-refractivity contribution in [1.82, 2.24) is 5.32 Å². The highest BCUT2D eigenvalue weighted by atomic mass is 32.2. The van der Waals surface area contributed by atoms with Crippen molar-refractivity contribution < 1.29 is 41.4 Å². The Bertz CT molecular complexity index is 1520. The predicted molar refractivity (Wildman–Crippen MR) is 173 cm³/mol. The van der Waals surface area contributed by atoms with E-state index in [0.29, 0.717) is 30.0 Å². The van der Waals surface area contributed by atoms with Crippen molar-refractivity contribution in [3.63, 3.8) is 0 Å². The molecule has 0 amide bonds. The highest BCUT2D eigenvalue weighted by Gasteiger charge is 2.10. The van der Waals surface area contributed by atoms with Crippen LogP contribution in [0, 0.1) is 0 Å². The van der Waals surface area contributed by atoms with Gasteiger partial charge < -0.3 is 31.1 Å². The van der Waals surface area contributed by atoms with E-state index in [1.165, 1.54) is 36.4 Å². The van der Waals surface area contributed by atoms with E-state index in [9.17, 15) is 32.2 Å². The molecule has 45 heavy (non-hydrogen) atoms. The summed E-state index contributed by atoms with van der Waals surface area (Å²) >= 11 is 0. The van der Waals surface area contributed by atoms with E-state index >= 15 is 0 Å². The predicted octanol–water partition coefficient (Wildman–Crippen LogP) is 3.27. The Kier molecular flexibility index (Phi) is 16.5. The highest BCUT2D eigenvalue weighted by molar-refractivity contribution is 7.89. The van der Waals surface area contributed by atoms with Gasteiger partial charge in [-0.25, -0.2) is 13.6 Å². The van der Waals surface area contributed by atoms with Crippen LogP contribution in [0.25, 0.3) is 0 Å². The summed E-state index contributed by atoms with van der Waals surface area (Å²) in [7, 11) is -7.74. The second kappa shape index (κ2) is 19.4. The van der Waals surface area contributed by atoms with Crippen LogP contribution in [0.15, 0.2) is 76.5 Å². The van der Waals surface area contributed by atoms with E-state index in [0.717, 1.165) is 63.7 Å². The smallest absolute Gasteiger partial charge is 0.294 e. The van der Waals surface area contributed by atoms with Gasteiger partial charge in [-0.3, -0.25) is 4.55 Å². The molecule has 0 unspecified atom stereocenters. The number of unbranched alkanes of at least 4 members (excludes halogenated alkanes) is 4. The molecule has 0 aliphatic heterocycles. The van der Waals surface area contributed by atoms with Gasteiger partial charge in [-0.1, -0.05) is 37.5 Å². The summed E-state index contributed by atoms with van der Waals surface area (Å²) in [5.41, 5.74) is 7.77. The Morgan fingerprint density at radius 2 is 1.49 bits per heavy atom. The number of rotatable bonds is 18. The molecule has 12 nitrogen and oxygen atoms in total. The van der Waals surface area contributed by atoms with Crippen LogP contribution in [-0.2, 0) is 37.9 Å². The third-order valence-electron chi connectivity index (χ3n) is 6.80. The minimum Gasteiger partial charge on any atom is -0.508 e. The monoisotopic (exact) mass is 667 g/mol. The standard InChI is InChI=1S/C25H38N2O6S.C6H7NO3S/c26-34(31,32)23-10-6-8-20(16-23)9-7-15-33-14-5-3-1-2-4-13-27-18-25(30)21-11-12-24(29)22(17-21)19-28;7-5-1-3-6(4-2-5)11(8,9)10/h6,8,10-12,16-17,25,27-30H,1-5,7,9,13-15,18-19H2,(H2,26,31,32);1-4H,7H2,(H,8,9,10)/t25-;/m0./s1. The maximum atomic E-state index is 11.4. The van der Waals surface area contributed by atoms with Gasteiger partial charge in [0.25, 0.3) is 10.1 Å². The Morgan fingerprint density at radius 1 is 0.822 bits per heavy atom. The van der Waals surface area contributed by atoms with Gasteiger partial charge in [0.2, 0.25) is 10.0 Å². The fourth-order valence-electron chi connectivity index (χ4n) is 4.28. The zero-order valence-electron chi connectivity index (χ0n) is 25.2. The lowest BCUT2D eigenvalue weighted by atomic mass is 10.1. The number of benzene rings is 3. The Hall–Kier alpha value is -3.08.